The molecular formula is C41H46N3+. The summed E-state index contributed by atoms with van der Waals surface area (Å²) < 4.78 is 4.90. The molecule has 224 valence electrons. The van der Waals surface area contributed by atoms with Crippen molar-refractivity contribution in [2.24, 2.45) is 5.92 Å². The number of rotatable bonds is 6. The molecule has 1 aliphatic heterocycles. The van der Waals surface area contributed by atoms with Gasteiger partial charge in [0.2, 0.25) is 0 Å². The number of fused-ring (bicyclic) bond motifs is 10. The molecular weight excluding hydrogens is 534 g/mol. The van der Waals surface area contributed by atoms with Gasteiger partial charge in [-0.2, -0.15) is 4.40 Å². The third-order valence-corrected chi connectivity index (χ3v) is 11.3. The topological polar surface area (TPSA) is 21.9 Å². The molecule has 3 unspecified atom stereocenters. The van der Waals surface area contributed by atoms with Gasteiger partial charge in [0.1, 0.15) is 11.1 Å². The first-order valence-electron chi connectivity index (χ1n) is 16.6. The molecule has 44 heavy (non-hydrogen) atoms. The lowest BCUT2D eigenvalue weighted by atomic mass is 9.61. The lowest BCUT2D eigenvalue weighted by Gasteiger charge is -2.46. The maximum absolute atomic E-state index is 5.62. The smallest absolute Gasteiger partial charge is 0.189 e. The van der Waals surface area contributed by atoms with E-state index in [1.165, 1.54) is 67.3 Å². The highest BCUT2D eigenvalue weighted by atomic mass is 15.4. The highest BCUT2D eigenvalue weighted by Crippen LogP contribution is 2.53. The molecule has 0 radical (unpaired) electrons. The van der Waals surface area contributed by atoms with E-state index in [0.29, 0.717) is 11.8 Å². The fourth-order valence-corrected chi connectivity index (χ4v) is 8.29. The molecule has 7 rings (SSSR count). The van der Waals surface area contributed by atoms with Crippen LogP contribution in [-0.2, 0) is 11.0 Å². The first kappa shape index (κ1) is 28.8. The Balaban J connectivity index is 1.63. The van der Waals surface area contributed by atoms with Crippen LogP contribution in [0.4, 0.5) is 0 Å². The van der Waals surface area contributed by atoms with Crippen LogP contribution in [0.25, 0.3) is 49.8 Å². The maximum Gasteiger partial charge on any atom is 0.315 e. The van der Waals surface area contributed by atoms with E-state index in [0.717, 1.165) is 18.5 Å². The zero-order valence-electron chi connectivity index (χ0n) is 27.7. The van der Waals surface area contributed by atoms with E-state index in [1.54, 1.807) is 0 Å². The molecule has 1 aliphatic rings. The van der Waals surface area contributed by atoms with Gasteiger partial charge in [-0.15, -0.1) is 0 Å². The minimum absolute atomic E-state index is 0.0681. The SMILES string of the molecule is CCC1(C)c2cc(C(C)CC(C)C)ccc2-c2n(nc3c4c(C)cccc4c4cc(-c5ccccc5)ccc4[n+]23)C1(C)CC. The second-order valence-corrected chi connectivity index (χ2v) is 14.1. The number of aryl methyl sites for hydroxylation is 1. The molecule has 0 bridgehead atoms. The predicted molar refractivity (Wildman–Crippen MR) is 185 cm³/mol. The third kappa shape index (κ3) is 3.94. The van der Waals surface area contributed by atoms with Crippen LogP contribution in [0.5, 0.6) is 0 Å². The summed E-state index contributed by atoms with van der Waals surface area (Å²) >= 11 is 0. The van der Waals surface area contributed by atoms with Crippen molar-refractivity contribution in [1.82, 2.24) is 9.78 Å². The Morgan fingerprint density at radius 1 is 0.795 bits per heavy atom. The van der Waals surface area contributed by atoms with Crippen molar-refractivity contribution >= 4 is 27.3 Å². The van der Waals surface area contributed by atoms with Crippen LogP contribution in [0.2, 0.25) is 0 Å². The third-order valence-electron chi connectivity index (χ3n) is 11.3. The minimum Gasteiger partial charge on any atom is -0.189 e. The molecule has 0 spiro atoms. The van der Waals surface area contributed by atoms with E-state index in [2.05, 4.69) is 149 Å². The van der Waals surface area contributed by atoms with Crippen molar-refractivity contribution < 1.29 is 4.40 Å². The minimum atomic E-state index is -0.193. The Kier molecular flexibility index (Phi) is 6.73. The van der Waals surface area contributed by atoms with Crippen LogP contribution in [0.3, 0.4) is 0 Å². The highest BCUT2D eigenvalue weighted by molar-refractivity contribution is 6.11. The molecule has 4 aromatic carbocycles. The van der Waals surface area contributed by atoms with Gasteiger partial charge in [0.05, 0.1) is 10.9 Å². The van der Waals surface area contributed by atoms with Gasteiger partial charge < -0.3 is 0 Å². The van der Waals surface area contributed by atoms with Gasteiger partial charge in [0.25, 0.3) is 5.82 Å². The van der Waals surface area contributed by atoms with E-state index >= 15 is 0 Å². The summed E-state index contributed by atoms with van der Waals surface area (Å²) in [5.41, 5.74) is 9.98. The molecule has 3 heteroatoms. The standard InChI is InChI=1S/C41H46N3/c1-9-40(7)35-25-30(28(6)23-26(3)4)19-21-33(35)39-43-36-22-20-31(29-16-12-11-13-17-29)24-34(36)32-18-14-15-27(5)37(32)38(43)42-44(39)41(40,8)10-2/h11-22,24-26,28H,9-10,23H2,1-8H3/q+1. The molecule has 0 fully saturated rings. The molecule has 2 aromatic heterocycles. The predicted octanol–water partition coefficient (Wildman–Crippen LogP) is 10.5. The molecule has 3 nitrogen and oxygen atoms in total. The zero-order chi connectivity index (χ0) is 31.0. The summed E-state index contributed by atoms with van der Waals surface area (Å²) in [6.07, 6.45) is 3.24. The van der Waals surface area contributed by atoms with E-state index in [-0.39, 0.29) is 11.0 Å². The van der Waals surface area contributed by atoms with Crippen molar-refractivity contribution in [3.63, 3.8) is 0 Å². The average molecular weight is 581 g/mol. The fraction of sp³-hybridized carbons (Fsp3) is 0.366. The van der Waals surface area contributed by atoms with Crippen LogP contribution >= 0.6 is 0 Å². The molecule has 0 N–H and O–H groups in total. The largest absolute Gasteiger partial charge is 0.315 e. The first-order chi connectivity index (χ1) is 21.1. The van der Waals surface area contributed by atoms with Crippen LogP contribution in [0.1, 0.15) is 90.3 Å². The summed E-state index contributed by atoms with van der Waals surface area (Å²) in [5, 5.41) is 9.39. The quantitative estimate of drug-likeness (QED) is 0.142. The van der Waals surface area contributed by atoms with Crippen molar-refractivity contribution in [2.75, 3.05) is 0 Å². The van der Waals surface area contributed by atoms with Gasteiger partial charge in [-0.25, -0.2) is 0 Å². The zero-order valence-corrected chi connectivity index (χ0v) is 27.7. The van der Waals surface area contributed by atoms with Crippen molar-refractivity contribution in [3.8, 4) is 22.5 Å². The average Bonchev–Trinajstić information content (AvgIpc) is 3.44. The van der Waals surface area contributed by atoms with Crippen molar-refractivity contribution in [1.29, 1.82) is 0 Å². The first-order valence-corrected chi connectivity index (χ1v) is 16.6. The summed E-state index contributed by atoms with van der Waals surface area (Å²) in [6, 6.07) is 31.8. The Labute approximate surface area is 262 Å². The van der Waals surface area contributed by atoms with Crippen LogP contribution in [-0.4, -0.2) is 9.78 Å². The molecule has 0 amide bonds. The maximum atomic E-state index is 5.62. The molecule has 6 aromatic rings. The Bertz CT molecular complexity index is 2050. The van der Waals surface area contributed by atoms with E-state index in [4.69, 9.17) is 5.10 Å². The number of hydrogen-bond donors (Lipinski definition) is 0. The van der Waals surface area contributed by atoms with Gasteiger partial charge in [0.15, 0.2) is 0 Å². The molecule has 0 aliphatic carbocycles. The van der Waals surface area contributed by atoms with Crippen molar-refractivity contribution in [3.05, 3.63) is 102 Å². The fourth-order valence-electron chi connectivity index (χ4n) is 8.29. The van der Waals surface area contributed by atoms with Crippen LogP contribution in [0.15, 0.2) is 84.9 Å². The normalized spacial score (nSPS) is 20.4. The number of pyridine rings is 1. The summed E-state index contributed by atoms with van der Waals surface area (Å²) in [6.45, 7) is 18.9. The number of aromatic nitrogens is 3. The lowest BCUT2D eigenvalue weighted by Crippen LogP contribution is -2.53. The Hall–Kier alpha value is -3.98. The van der Waals surface area contributed by atoms with Crippen LogP contribution < -0.4 is 4.40 Å². The summed E-state index contributed by atoms with van der Waals surface area (Å²) in [4.78, 5) is 0. The Morgan fingerprint density at radius 3 is 2.27 bits per heavy atom. The van der Waals surface area contributed by atoms with E-state index < -0.39 is 0 Å². The monoisotopic (exact) mass is 580 g/mol. The summed E-state index contributed by atoms with van der Waals surface area (Å²) in [5.74, 6) is 2.40. The summed E-state index contributed by atoms with van der Waals surface area (Å²) in [7, 11) is 0. The van der Waals surface area contributed by atoms with E-state index in [9.17, 15) is 0 Å². The van der Waals surface area contributed by atoms with Gasteiger partial charge in [-0.3, -0.25) is 0 Å². The Morgan fingerprint density at radius 2 is 1.57 bits per heavy atom. The number of hydrogen-bond acceptors (Lipinski definition) is 1. The van der Waals surface area contributed by atoms with Gasteiger partial charge in [-0.1, -0.05) is 113 Å². The second kappa shape index (κ2) is 10.3. The lowest BCUT2D eigenvalue weighted by molar-refractivity contribution is -0.469. The van der Waals surface area contributed by atoms with Crippen LogP contribution in [0, 0.1) is 12.8 Å². The van der Waals surface area contributed by atoms with Gasteiger partial charge in [0, 0.05) is 15.9 Å². The number of benzene rings is 4. The molecule has 0 saturated heterocycles. The molecule has 0 saturated carbocycles. The molecule has 3 atom stereocenters. The van der Waals surface area contributed by atoms with Gasteiger partial charge in [-0.05, 0) is 96.3 Å². The highest BCUT2D eigenvalue weighted by Gasteiger charge is 2.56. The number of nitrogens with zero attached hydrogens (tertiary/aromatic N) is 3. The van der Waals surface area contributed by atoms with Gasteiger partial charge >= 0.3 is 5.65 Å². The second-order valence-electron chi connectivity index (χ2n) is 14.1. The van der Waals surface area contributed by atoms with Crippen molar-refractivity contribution in [2.45, 2.75) is 91.5 Å². The van der Waals surface area contributed by atoms with E-state index in [1.807, 2.05) is 0 Å². The molecule has 3 heterocycles.